The van der Waals surface area contributed by atoms with Crippen LogP contribution in [0.5, 0.6) is 0 Å². The van der Waals surface area contributed by atoms with E-state index in [0.717, 1.165) is 11.8 Å². The Hall–Kier alpha value is -0.260. The zero-order valence-electron chi connectivity index (χ0n) is 9.84. The Morgan fingerprint density at radius 2 is 1.77 bits per heavy atom. The first-order valence-corrected chi connectivity index (χ1v) is 5.87. The van der Waals surface area contributed by atoms with Crippen LogP contribution in [0.4, 0.5) is 0 Å². The lowest BCUT2D eigenvalue weighted by atomic mass is 9.99. The van der Waals surface area contributed by atoms with Crippen LogP contribution in [0, 0.1) is 11.8 Å². The van der Waals surface area contributed by atoms with Gasteiger partial charge in [-0.05, 0) is 24.7 Å². The molecule has 0 aliphatic heterocycles. The Morgan fingerprint density at radius 3 is 2.31 bits per heavy atom. The van der Waals surface area contributed by atoms with E-state index in [-0.39, 0.29) is 0 Å². The number of allylic oxidation sites excluding steroid dienone is 2. The lowest BCUT2D eigenvalue weighted by Crippen LogP contribution is -1.92. The van der Waals surface area contributed by atoms with E-state index in [4.69, 9.17) is 0 Å². The third kappa shape index (κ3) is 8.08. The molecule has 0 saturated heterocycles. The Balaban J connectivity index is 3.38. The van der Waals surface area contributed by atoms with Gasteiger partial charge in [-0.3, -0.25) is 0 Å². The summed E-state index contributed by atoms with van der Waals surface area (Å²) in [5.41, 5.74) is 0. The summed E-state index contributed by atoms with van der Waals surface area (Å²) in [6.45, 7) is 9.16. The summed E-state index contributed by atoms with van der Waals surface area (Å²) in [6.07, 6.45) is 11.3. The van der Waals surface area contributed by atoms with Crippen molar-refractivity contribution >= 4 is 0 Å². The number of hydrogen-bond acceptors (Lipinski definition) is 0. The molecule has 13 heavy (non-hydrogen) atoms. The van der Waals surface area contributed by atoms with Crippen LogP contribution in [0.25, 0.3) is 0 Å². The summed E-state index contributed by atoms with van der Waals surface area (Å²) in [4.78, 5) is 0. The van der Waals surface area contributed by atoms with E-state index in [0.29, 0.717) is 0 Å². The van der Waals surface area contributed by atoms with Crippen LogP contribution in [0.1, 0.15) is 59.8 Å². The summed E-state index contributed by atoms with van der Waals surface area (Å²) in [6, 6.07) is 0. The van der Waals surface area contributed by atoms with E-state index in [2.05, 4.69) is 39.8 Å². The van der Waals surface area contributed by atoms with Crippen LogP contribution in [-0.4, -0.2) is 0 Å². The highest BCUT2D eigenvalue weighted by Gasteiger charge is 1.98. The zero-order valence-corrected chi connectivity index (χ0v) is 9.84. The zero-order chi connectivity index (χ0) is 10.1. The Bertz CT molecular complexity index is 124. The van der Waals surface area contributed by atoms with Crippen molar-refractivity contribution in [1.82, 2.24) is 0 Å². The minimum Gasteiger partial charge on any atom is -0.0883 e. The molecule has 0 bridgehead atoms. The predicted octanol–water partition coefficient (Wildman–Crippen LogP) is 4.81. The molecule has 0 aromatic carbocycles. The molecule has 0 aliphatic rings. The molecule has 0 saturated carbocycles. The van der Waals surface area contributed by atoms with E-state index >= 15 is 0 Å². The van der Waals surface area contributed by atoms with Crippen molar-refractivity contribution in [3.8, 4) is 0 Å². The van der Waals surface area contributed by atoms with E-state index in [1.54, 1.807) is 0 Å². The third-order valence-electron chi connectivity index (χ3n) is 2.72. The smallest absolute Gasteiger partial charge is 0.0265 e. The van der Waals surface area contributed by atoms with Gasteiger partial charge in [-0.15, -0.1) is 0 Å². The van der Waals surface area contributed by atoms with Crippen molar-refractivity contribution in [2.24, 2.45) is 11.8 Å². The highest BCUT2D eigenvalue weighted by Crippen LogP contribution is 2.13. The molecule has 0 heteroatoms. The highest BCUT2D eigenvalue weighted by molar-refractivity contribution is 4.85. The molecule has 0 spiro atoms. The van der Waals surface area contributed by atoms with E-state index < -0.39 is 0 Å². The van der Waals surface area contributed by atoms with Gasteiger partial charge >= 0.3 is 0 Å². The van der Waals surface area contributed by atoms with Crippen molar-refractivity contribution in [2.75, 3.05) is 0 Å². The first-order valence-electron chi connectivity index (χ1n) is 5.87. The standard InChI is InChI=1S/C13H26/c1-5-9-13(4)11-8-7-10-12(3)6-2/h7,10,12-13H,5-6,8-9,11H2,1-4H3. The average molecular weight is 182 g/mol. The predicted molar refractivity (Wildman–Crippen MR) is 61.9 cm³/mol. The molecule has 0 nitrogen and oxygen atoms in total. The first kappa shape index (κ1) is 12.7. The normalized spacial score (nSPS) is 16.3. The lowest BCUT2D eigenvalue weighted by molar-refractivity contribution is 0.490. The molecule has 2 atom stereocenters. The van der Waals surface area contributed by atoms with Crippen molar-refractivity contribution in [3.63, 3.8) is 0 Å². The fourth-order valence-electron chi connectivity index (χ4n) is 1.48. The quantitative estimate of drug-likeness (QED) is 0.496. The summed E-state index contributed by atoms with van der Waals surface area (Å²) in [5.74, 6) is 1.67. The molecule has 0 aromatic heterocycles. The second-order valence-electron chi connectivity index (χ2n) is 4.28. The SMILES string of the molecule is CCCC(C)CCC=CC(C)CC. The van der Waals surface area contributed by atoms with Crippen molar-refractivity contribution in [1.29, 1.82) is 0 Å². The van der Waals surface area contributed by atoms with Gasteiger partial charge in [0.05, 0.1) is 0 Å². The third-order valence-corrected chi connectivity index (χ3v) is 2.72. The fraction of sp³-hybridized carbons (Fsp3) is 0.846. The number of rotatable bonds is 7. The maximum atomic E-state index is 2.36. The van der Waals surface area contributed by atoms with Crippen LogP contribution in [0.2, 0.25) is 0 Å². The van der Waals surface area contributed by atoms with Crippen LogP contribution in [-0.2, 0) is 0 Å². The van der Waals surface area contributed by atoms with Crippen LogP contribution < -0.4 is 0 Å². The highest BCUT2D eigenvalue weighted by atomic mass is 14.0. The average Bonchev–Trinajstić information content (AvgIpc) is 2.12. The lowest BCUT2D eigenvalue weighted by Gasteiger charge is -2.07. The van der Waals surface area contributed by atoms with Gasteiger partial charge in [0.15, 0.2) is 0 Å². The Kier molecular flexibility index (Phi) is 8.18. The molecular weight excluding hydrogens is 156 g/mol. The van der Waals surface area contributed by atoms with Crippen molar-refractivity contribution in [2.45, 2.75) is 59.8 Å². The van der Waals surface area contributed by atoms with Gasteiger partial charge in [-0.25, -0.2) is 0 Å². The van der Waals surface area contributed by atoms with Crippen LogP contribution in [0.15, 0.2) is 12.2 Å². The van der Waals surface area contributed by atoms with E-state index in [9.17, 15) is 0 Å². The van der Waals surface area contributed by atoms with Gasteiger partial charge in [-0.1, -0.05) is 59.1 Å². The molecule has 0 radical (unpaired) electrons. The monoisotopic (exact) mass is 182 g/mol. The number of hydrogen-bond donors (Lipinski definition) is 0. The minimum atomic E-state index is 0.765. The Morgan fingerprint density at radius 1 is 1.08 bits per heavy atom. The summed E-state index contributed by atoms with van der Waals surface area (Å²) in [7, 11) is 0. The van der Waals surface area contributed by atoms with Gasteiger partial charge in [0.25, 0.3) is 0 Å². The molecule has 78 valence electrons. The second-order valence-corrected chi connectivity index (χ2v) is 4.28. The van der Waals surface area contributed by atoms with Gasteiger partial charge < -0.3 is 0 Å². The van der Waals surface area contributed by atoms with Gasteiger partial charge in [0.1, 0.15) is 0 Å². The molecule has 0 fully saturated rings. The van der Waals surface area contributed by atoms with Gasteiger partial charge in [0.2, 0.25) is 0 Å². The molecule has 0 aromatic rings. The van der Waals surface area contributed by atoms with Crippen molar-refractivity contribution < 1.29 is 0 Å². The van der Waals surface area contributed by atoms with E-state index in [1.807, 2.05) is 0 Å². The molecule has 0 heterocycles. The summed E-state index contributed by atoms with van der Waals surface area (Å²) < 4.78 is 0. The molecule has 0 rings (SSSR count). The molecule has 0 aliphatic carbocycles. The molecule has 0 N–H and O–H groups in total. The van der Waals surface area contributed by atoms with Crippen LogP contribution in [0.3, 0.4) is 0 Å². The molecule has 0 amide bonds. The first-order chi connectivity index (χ1) is 6.20. The van der Waals surface area contributed by atoms with E-state index in [1.165, 1.54) is 32.1 Å². The molecular formula is C13H26. The Labute approximate surface area is 84.4 Å². The maximum absolute atomic E-state index is 2.36. The summed E-state index contributed by atoms with van der Waals surface area (Å²) in [5, 5.41) is 0. The second kappa shape index (κ2) is 8.34. The fourth-order valence-corrected chi connectivity index (χ4v) is 1.48. The summed E-state index contributed by atoms with van der Waals surface area (Å²) >= 11 is 0. The van der Waals surface area contributed by atoms with Gasteiger partial charge in [0, 0.05) is 0 Å². The minimum absolute atomic E-state index is 0.765. The molecule has 2 unspecified atom stereocenters. The topological polar surface area (TPSA) is 0 Å². The van der Waals surface area contributed by atoms with Gasteiger partial charge in [-0.2, -0.15) is 0 Å². The largest absolute Gasteiger partial charge is 0.0883 e. The van der Waals surface area contributed by atoms with Crippen molar-refractivity contribution in [3.05, 3.63) is 12.2 Å². The maximum Gasteiger partial charge on any atom is -0.0265 e. The van der Waals surface area contributed by atoms with Crippen LogP contribution >= 0.6 is 0 Å².